The van der Waals surface area contributed by atoms with E-state index in [0.29, 0.717) is 17.5 Å². The summed E-state index contributed by atoms with van der Waals surface area (Å²) >= 11 is 0. The zero-order chi connectivity index (χ0) is 16.4. The highest BCUT2D eigenvalue weighted by atomic mass is 32.2. The van der Waals surface area contributed by atoms with Gasteiger partial charge in [0.2, 0.25) is 0 Å². The maximum atomic E-state index is 13.9. The Morgan fingerprint density at radius 1 is 1.30 bits per heavy atom. The van der Waals surface area contributed by atoms with Crippen molar-refractivity contribution in [3.8, 4) is 0 Å². The molecule has 3 rings (SSSR count). The van der Waals surface area contributed by atoms with Crippen molar-refractivity contribution in [3.63, 3.8) is 0 Å². The van der Waals surface area contributed by atoms with Crippen molar-refractivity contribution in [3.05, 3.63) is 59.8 Å². The number of benzene rings is 1. The fourth-order valence-corrected chi connectivity index (χ4v) is 4.48. The molecule has 23 heavy (non-hydrogen) atoms. The van der Waals surface area contributed by atoms with E-state index in [0.717, 1.165) is 0 Å². The Hall–Kier alpha value is -2.15. The van der Waals surface area contributed by atoms with Gasteiger partial charge in [-0.1, -0.05) is 18.2 Å². The lowest BCUT2D eigenvalue weighted by Gasteiger charge is -2.28. The van der Waals surface area contributed by atoms with Crippen LogP contribution in [0.25, 0.3) is 0 Å². The van der Waals surface area contributed by atoms with Crippen molar-refractivity contribution in [2.75, 3.05) is 11.5 Å². The fourth-order valence-electron chi connectivity index (χ4n) is 2.75. The molecule has 7 heteroatoms. The predicted molar refractivity (Wildman–Crippen MR) is 82.0 cm³/mol. The first-order chi connectivity index (χ1) is 11.0. The third kappa shape index (κ3) is 3.44. The van der Waals surface area contributed by atoms with Crippen LogP contribution in [-0.4, -0.2) is 36.8 Å². The number of nitrogens with zero attached hydrogens (tertiary/aromatic N) is 1. The van der Waals surface area contributed by atoms with Crippen molar-refractivity contribution in [1.82, 2.24) is 4.90 Å². The highest BCUT2D eigenvalue weighted by Crippen LogP contribution is 2.23. The van der Waals surface area contributed by atoms with Gasteiger partial charge in [-0.25, -0.2) is 12.8 Å². The van der Waals surface area contributed by atoms with Crippen molar-refractivity contribution in [1.29, 1.82) is 0 Å². The number of carbonyl (C=O) groups is 1. The second kappa shape index (κ2) is 6.16. The predicted octanol–water partition coefficient (Wildman–Crippen LogP) is 2.25. The Bertz CT molecular complexity index is 801. The first-order valence-corrected chi connectivity index (χ1v) is 9.05. The van der Waals surface area contributed by atoms with Crippen molar-refractivity contribution in [2.24, 2.45) is 0 Å². The molecular weight excluding hydrogens is 321 g/mol. The number of carbonyl (C=O) groups excluding carboxylic acids is 1. The fraction of sp³-hybridized carbons (Fsp3) is 0.312. The maximum Gasteiger partial charge on any atom is 0.257 e. The van der Waals surface area contributed by atoms with Gasteiger partial charge < -0.3 is 9.32 Å². The first kappa shape index (κ1) is 15.7. The van der Waals surface area contributed by atoms with Gasteiger partial charge in [0.15, 0.2) is 9.84 Å². The van der Waals surface area contributed by atoms with Crippen LogP contribution >= 0.6 is 0 Å². The number of rotatable bonds is 4. The van der Waals surface area contributed by atoms with Crippen LogP contribution in [0.1, 0.15) is 22.3 Å². The summed E-state index contributed by atoms with van der Waals surface area (Å²) in [4.78, 5) is 14.1. The molecular formula is C16H16FNO4S. The van der Waals surface area contributed by atoms with Crippen molar-refractivity contribution < 1.29 is 22.0 Å². The van der Waals surface area contributed by atoms with Crippen LogP contribution in [0, 0.1) is 5.82 Å². The molecule has 0 bridgehead atoms. The van der Waals surface area contributed by atoms with Gasteiger partial charge in [0.05, 0.1) is 23.3 Å². The van der Waals surface area contributed by atoms with Gasteiger partial charge in [-0.05, 0) is 18.6 Å². The van der Waals surface area contributed by atoms with Crippen LogP contribution in [0.5, 0.6) is 0 Å². The quantitative estimate of drug-likeness (QED) is 0.858. The number of furan rings is 1. The molecule has 0 saturated carbocycles. The number of amides is 1. The summed E-state index contributed by atoms with van der Waals surface area (Å²) in [5.41, 5.74) is 0.680. The van der Waals surface area contributed by atoms with E-state index in [2.05, 4.69) is 0 Å². The van der Waals surface area contributed by atoms with E-state index in [1.165, 1.54) is 29.6 Å². The van der Waals surface area contributed by atoms with Crippen LogP contribution in [0.15, 0.2) is 47.3 Å². The molecule has 122 valence electrons. The third-order valence-electron chi connectivity index (χ3n) is 3.98. The van der Waals surface area contributed by atoms with E-state index in [4.69, 9.17) is 4.42 Å². The molecule has 1 saturated heterocycles. The monoisotopic (exact) mass is 337 g/mol. The van der Waals surface area contributed by atoms with Crippen molar-refractivity contribution >= 4 is 15.7 Å². The summed E-state index contributed by atoms with van der Waals surface area (Å²) in [6.45, 7) is 0.0247. The molecule has 1 aliphatic heterocycles. The summed E-state index contributed by atoms with van der Waals surface area (Å²) in [5.74, 6) is -0.822. The molecule has 1 atom stereocenters. The van der Waals surface area contributed by atoms with Gasteiger partial charge >= 0.3 is 0 Å². The summed E-state index contributed by atoms with van der Waals surface area (Å²) in [7, 11) is -3.16. The molecule has 1 amide bonds. The maximum absolute atomic E-state index is 13.9. The molecule has 1 aliphatic rings. The van der Waals surface area contributed by atoms with Crippen LogP contribution in [0.4, 0.5) is 4.39 Å². The summed E-state index contributed by atoms with van der Waals surface area (Å²) in [5, 5.41) is 0. The lowest BCUT2D eigenvalue weighted by Crippen LogP contribution is -2.40. The third-order valence-corrected chi connectivity index (χ3v) is 5.73. The van der Waals surface area contributed by atoms with Gasteiger partial charge in [-0.3, -0.25) is 4.79 Å². The number of hydrogen-bond acceptors (Lipinski definition) is 4. The molecule has 2 aromatic rings. The smallest absolute Gasteiger partial charge is 0.257 e. The van der Waals surface area contributed by atoms with Gasteiger partial charge in [0.1, 0.15) is 12.1 Å². The SMILES string of the molecule is O=C(c1ccoc1)N(Cc1ccccc1F)[C@H]1CCS(=O)(=O)C1. The summed E-state index contributed by atoms with van der Waals surface area (Å²) in [6, 6.07) is 7.23. The van der Waals surface area contributed by atoms with Crippen LogP contribution < -0.4 is 0 Å². The van der Waals surface area contributed by atoms with E-state index in [1.807, 2.05) is 0 Å². The molecule has 0 aliphatic carbocycles. The van der Waals surface area contributed by atoms with Crippen molar-refractivity contribution in [2.45, 2.75) is 19.0 Å². The highest BCUT2D eigenvalue weighted by Gasteiger charge is 2.35. The van der Waals surface area contributed by atoms with E-state index in [-0.39, 0.29) is 24.0 Å². The average molecular weight is 337 g/mol. The molecule has 1 aromatic carbocycles. The Labute approximate surface area is 133 Å². The topological polar surface area (TPSA) is 67.6 Å². The lowest BCUT2D eigenvalue weighted by atomic mass is 10.1. The minimum absolute atomic E-state index is 0.0247. The molecule has 2 heterocycles. The molecule has 5 nitrogen and oxygen atoms in total. The Morgan fingerprint density at radius 3 is 2.70 bits per heavy atom. The molecule has 0 spiro atoms. The zero-order valence-corrected chi connectivity index (χ0v) is 13.1. The average Bonchev–Trinajstić information content (AvgIpc) is 3.15. The molecule has 1 fully saturated rings. The lowest BCUT2D eigenvalue weighted by molar-refractivity contribution is 0.0678. The van der Waals surface area contributed by atoms with E-state index in [9.17, 15) is 17.6 Å². The van der Waals surface area contributed by atoms with E-state index >= 15 is 0 Å². The number of halogens is 1. The first-order valence-electron chi connectivity index (χ1n) is 7.23. The van der Waals surface area contributed by atoms with Crippen LogP contribution in [-0.2, 0) is 16.4 Å². The largest absolute Gasteiger partial charge is 0.472 e. The summed E-state index contributed by atoms with van der Waals surface area (Å²) < 4.78 is 42.3. The minimum Gasteiger partial charge on any atom is -0.472 e. The standard InChI is InChI=1S/C16H16FNO4S/c17-15-4-2-1-3-12(15)9-18(14-6-8-23(20,21)11-14)16(19)13-5-7-22-10-13/h1-5,7,10,14H,6,8-9,11H2/t14-/m0/s1. The van der Waals surface area contributed by atoms with E-state index in [1.54, 1.807) is 18.2 Å². The Morgan fingerprint density at radius 2 is 2.09 bits per heavy atom. The van der Waals surface area contributed by atoms with Gasteiger partial charge in [-0.2, -0.15) is 0 Å². The minimum atomic E-state index is -3.16. The molecule has 0 unspecified atom stereocenters. The highest BCUT2D eigenvalue weighted by molar-refractivity contribution is 7.91. The summed E-state index contributed by atoms with van der Waals surface area (Å²) in [6.07, 6.45) is 3.04. The van der Waals surface area contributed by atoms with Gasteiger partial charge in [0, 0.05) is 18.2 Å². The number of hydrogen-bond donors (Lipinski definition) is 0. The second-order valence-corrected chi connectivity index (χ2v) is 7.82. The molecule has 0 N–H and O–H groups in total. The van der Waals surface area contributed by atoms with Crippen LogP contribution in [0.2, 0.25) is 0 Å². The Kier molecular flexibility index (Phi) is 4.21. The Balaban J connectivity index is 1.90. The molecule has 1 aromatic heterocycles. The van der Waals surface area contributed by atoms with Gasteiger partial charge in [-0.15, -0.1) is 0 Å². The normalized spacial score (nSPS) is 19.6. The molecule has 0 radical (unpaired) electrons. The van der Waals surface area contributed by atoms with E-state index < -0.39 is 21.7 Å². The van der Waals surface area contributed by atoms with Crippen LogP contribution in [0.3, 0.4) is 0 Å². The zero-order valence-electron chi connectivity index (χ0n) is 12.3. The second-order valence-electron chi connectivity index (χ2n) is 5.59. The number of sulfone groups is 1. The van der Waals surface area contributed by atoms with Gasteiger partial charge in [0.25, 0.3) is 5.91 Å².